The Labute approximate surface area is 76.0 Å². The van der Waals surface area contributed by atoms with Crippen LogP contribution in [-0.2, 0) is 11.4 Å². The highest BCUT2D eigenvalue weighted by Crippen LogP contribution is 2.14. The van der Waals surface area contributed by atoms with E-state index in [4.69, 9.17) is 5.11 Å². The second kappa shape index (κ2) is 4.02. The van der Waals surface area contributed by atoms with Crippen molar-refractivity contribution in [3.05, 3.63) is 29.8 Å². The van der Waals surface area contributed by atoms with Crippen molar-refractivity contribution in [3.63, 3.8) is 0 Å². The van der Waals surface area contributed by atoms with Gasteiger partial charge in [-0.3, -0.25) is 10.0 Å². The van der Waals surface area contributed by atoms with Crippen LogP contribution in [0.15, 0.2) is 24.3 Å². The molecule has 0 bridgehead atoms. The van der Waals surface area contributed by atoms with Crippen molar-refractivity contribution in [2.45, 2.75) is 13.5 Å². The Morgan fingerprint density at radius 3 is 2.77 bits per heavy atom. The predicted octanol–water partition coefficient (Wildman–Crippen LogP) is 0.921. The Kier molecular flexibility index (Phi) is 3.00. The van der Waals surface area contributed by atoms with Gasteiger partial charge in [0.15, 0.2) is 0 Å². The third-order valence-electron chi connectivity index (χ3n) is 1.64. The number of aliphatic hydroxyl groups is 1. The van der Waals surface area contributed by atoms with Crippen LogP contribution in [0.5, 0.6) is 0 Å². The monoisotopic (exact) mass is 181 g/mol. The lowest BCUT2D eigenvalue weighted by Gasteiger charge is -2.12. The zero-order valence-corrected chi connectivity index (χ0v) is 7.27. The number of nitrogens with zero attached hydrogens (tertiary/aromatic N) is 1. The van der Waals surface area contributed by atoms with Crippen LogP contribution in [0.25, 0.3) is 0 Å². The number of carbonyl (C=O) groups excluding carboxylic acids is 1. The Balaban J connectivity index is 2.94. The number of hydroxylamine groups is 1. The van der Waals surface area contributed by atoms with Gasteiger partial charge in [-0.05, 0) is 17.7 Å². The summed E-state index contributed by atoms with van der Waals surface area (Å²) in [6.45, 7) is 1.14. The van der Waals surface area contributed by atoms with Gasteiger partial charge in [0.05, 0.1) is 12.3 Å². The van der Waals surface area contributed by atoms with E-state index >= 15 is 0 Å². The Bertz CT molecular complexity index is 311. The highest BCUT2D eigenvalue weighted by Gasteiger charge is 2.07. The van der Waals surface area contributed by atoms with Crippen molar-refractivity contribution >= 4 is 11.6 Å². The fourth-order valence-corrected chi connectivity index (χ4v) is 0.968. The number of carbonyl (C=O) groups is 1. The topological polar surface area (TPSA) is 60.8 Å². The zero-order chi connectivity index (χ0) is 9.84. The fraction of sp³-hybridized carbons (Fsp3) is 0.222. The molecular formula is C9H11NO3. The largest absolute Gasteiger partial charge is 0.392 e. The lowest BCUT2D eigenvalue weighted by molar-refractivity contribution is -0.121. The molecule has 0 aromatic heterocycles. The molecule has 70 valence electrons. The first-order chi connectivity index (χ1) is 6.15. The molecule has 1 aromatic rings. The molecule has 2 N–H and O–H groups in total. The molecule has 13 heavy (non-hydrogen) atoms. The SMILES string of the molecule is CC(=O)N(O)c1cccc(CO)c1. The maximum Gasteiger partial charge on any atom is 0.247 e. The van der Waals surface area contributed by atoms with E-state index in [1.807, 2.05) is 0 Å². The number of rotatable bonds is 2. The van der Waals surface area contributed by atoms with Crippen molar-refractivity contribution in [1.29, 1.82) is 0 Å². The number of anilines is 1. The van der Waals surface area contributed by atoms with Crippen LogP contribution in [0, 0.1) is 0 Å². The Morgan fingerprint density at radius 1 is 1.54 bits per heavy atom. The van der Waals surface area contributed by atoms with Gasteiger partial charge in [0.25, 0.3) is 0 Å². The second-order valence-electron chi connectivity index (χ2n) is 2.66. The second-order valence-corrected chi connectivity index (χ2v) is 2.66. The van der Waals surface area contributed by atoms with Crippen molar-refractivity contribution in [2.24, 2.45) is 0 Å². The smallest absolute Gasteiger partial charge is 0.247 e. The molecule has 1 amide bonds. The molecule has 0 saturated heterocycles. The van der Waals surface area contributed by atoms with Gasteiger partial charge in [-0.1, -0.05) is 12.1 Å². The summed E-state index contributed by atoms with van der Waals surface area (Å²) in [5, 5.41) is 18.6. The molecule has 0 spiro atoms. The van der Waals surface area contributed by atoms with E-state index in [2.05, 4.69) is 0 Å². The zero-order valence-electron chi connectivity index (χ0n) is 7.27. The summed E-state index contributed by atoms with van der Waals surface area (Å²) in [7, 11) is 0. The number of hydrogen-bond acceptors (Lipinski definition) is 3. The van der Waals surface area contributed by atoms with Gasteiger partial charge in [0.2, 0.25) is 5.91 Å². The predicted molar refractivity (Wildman–Crippen MR) is 47.3 cm³/mol. The lowest BCUT2D eigenvalue weighted by atomic mass is 10.2. The highest BCUT2D eigenvalue weighted by atomic mass is 16.5. The van der Waals surface area contributed by atoms with Gasteiger partial charge in [0.1, 0.15) is 0 Å². The fourth-order valence-electron chi connectivity index (χ4n) is 0.968. The summed E-state index contributed by atoms with van der Waals surface area (Å²) in [5.41, 5.74) is 1.01. The van der Waals surface area contributed by atoms with E-state index in [1.165, 1.54) is 6.92 Å². The normalized spacial score (nSPS) is 9.77. The van der Waals surface area contributed by atoms with Crippen molar-refractivity contribution in [1.82, 2.24) is 0 Å². The van der Waals surface area contributed by atoms with Crippen LogP contribution >= 0.6 is 0 Å². The van der Waals surface area contributed by atoms with E-state index in [1.54, 1.807) is 24.3 Å². The molecular weight excluding hydrogens is 170 g/mol. The summed E-state index contributed by atoms with van der Waals surface area (Å²) < 4.78 is 0. The van der Waals surface area contributed by atoms with E-state index in [9.17, 15) is 10.0 Å². The summed E-state index contributed by atoms with van der Waals surface area (Å²) >= 11 is 0. The average Bonchev–Trinajstić information content (AvgIpc) is 2.16. The number of aliphatic hydroxyl groups excluding tert-OH is 1. The minimum Gasteiger partial charge on any atom is -0.392 e. The standard InChI is InChI=1S/C9H11NO3/c1-7(12)10(13)9-4-2-3-8(5-9)6-11/h2-5,11,13H,6H2,1H3. The van der Waals surface area contributed by atoms with Crippen LogP contribution < -0.4 is 5.06 Å². The minimum absolute atomic E-state index is 0.112. The number of amides is 1. The van der Waals surface area contributed by atoms with E-state index in [0.717, 1.165) is 0 Å². The summed E-state index contributed by atoms with van der Waals surface area (Å²) in [5.74, 6) is -0.463. The van der Waals surface area contributed by atoms with E-state index in [0.29, 0.717) is 16.3 Å². The molecule has 0 fully saturated rings. The molecule has 0 aliphatic heterocycles. The summed E-state index contributed by atoms with van der Waals surface area (Å²) in [6, 6.07) is 6.49. The first kappa shape index (κ1) is 9.70. The first-order valence-corrected chi connectivity index (χ1v) is 3.84. The molecule has 4 nitrogen and oxygen atoms in total. The highest BCUT2D eigenvalue weighted by molar-refractivity contribution is 5.88. The minimum atomic E-state index is -0.463. The van der Waals surface area contributed by atoms with Gasteiger partial charge in [0, 0.05) is 6.92 Å². The van der Waals surface area contributed by atoms with Crippen molar-refractivity contribution < 1.29 is 15.1 Å². The van der Waals surface area contributed by atoms with E-state index in [-0.39, 0.29) is 6.61 Å². The van der Waals surface area contributed by atoms with Crippen LogP contribution in [0.1, 0.15) is 12.5 Å². The Morgan fingerprint density at radius 2 is 2.23 bits per heavy atom. The maximum atomic E-state index is 10.8. The van der Waals surface area contributed by atoms with Crippen LogP contribution in [0.2, 0.25) is 0 Å². The number of benzene rings is 1. The molecule has 1 aromatic carbocycles. The van der Waals surface area contributed by atoms with Gasteiger partial charge < -0.3 is 5.11 Å². The molecule has 0 aliphatic carbocycles. The summed E-state index contributed by atoms with van der Waals surface area (Å²) in [4.78, 5) is 10.8. The van der Waals surface area contributed by atoms with Gasteiger partial charge in [-0.25, -0.2) is 0 Å². The molecule has 0 radical (unpaired) electrons. The molecule has 0 heterocycles. The first-order valence-electron chi connectivity index (χ1n) is 3.84. The third-order valence-corrected chi connectivity index (χ3v) is 1.64. The number of hydrogen-bond donors (Lipinski definition) is 2. The Hall–Kier alpha value is -1.39. The van der Waals surface area contributed by atoms with Gasteiger partial charge in [-0.15, -0.1) is 0 Å². The van der Waals surface area contributed by atoms with Gasteiger partial charge >= 0.3 is 0 Å². The molecule has 0 saturated carbocycles. The van der Waals surface area contributed by atoms with Crippen LogP contribution in [0.3, 0.4) is 0 Å². The maximum absolute atomic E-state index is 10.8. The molecule has 0 atom stereocenters. The van der Waals surface area contributed by atoms with Crippen molar-refractivity contribution in [2.75, 3.05) is 5.06 Å². The van der Waals surface area contributed by atoms with E-state index < -0.39 is 5.91 Å². The molecule has 0 unspecified atom stereocenters. The lowest BCUT2D eigenvalue weighted by Crippen LogP contribution is -2.23. The molecule has 0 aliphatic rings. The third kappa shape index (κ3) is 2.27. The van der Waals surface area contributed by atoms with Crippen LogP contribution in [0.4, 0.5) is 5.69 Å². The van der Waals surface area contributed by atoms with Crippen molar-refractivity contribution in [3.8, 4) is 0 Å². The molecule has 4 heteroatoms. The average molecular weight is 181 g/mol. The summed E-state index contributed by atoms with van der Waals surface area (Å²) in [6.07, 6.45) is 0. The quantitative estimate of drug-likeness (QED) is 0.527. The molecule has 1 rings (SSSR count). The van der Waals surface area contributed by atoms with Crippen LogP contribution in [-0.4, -0.2) is 16.2 Å². The van der Waals surface area contributed by atoms with Gasteiger partial charge in [-0.2, -0.15) is 5.06 Å².